The van der Waals surface area contributed by atoms with Crippen LogP contribution in [0.1, 0.15) is 35.6 Å². The Morgan fingerprint density at radius 3 is 2.27 bits per heavy atom. The van der Waals surface area contributed by atoms with E-state index in [-0.39, 0.29) is 29.7 Å². The van der Waals surface area contributed by atoms with Gasteiger partial charge in [0.15, 0.2) is 17.2 Å². The van der Waals surface area contributed by atoms with Crippen LogP contribution in [0.15, 0.2) is 53.3 Å². The fourth-order valence-electron chi connectivity index (χ4n) is 6.96. The molecule has 0 heterocycles. The number of phenolic OH excluding ortho intramolecular Hbond substituents is 1. The molecule has 0 bridgehead atoms. The topological polar surface area (TPSA) is 139 Å². The summed E-state index contributed by atoms with van der Waals surface area (Å²) in [6.07, 6.45) is 1.49. The number of benzene rings is 2. The molecule has 1 fully saturated rings. The Kier molecular flexibility index (Phi) is 7.07. The number of fused-ring (bicyclic) bond motifs is 3. The number of hydrogen-bond donors (Lipinski definition) is 4. The Hall–Kier alpha value is -3.95. The smallest absolute Gasteiger partial charge is 0.202 e. The van der Waals surface area contributed by atoms with Gasteiger partial charge in [0.1, 0.15) is 22.8 Å². The zero-order valence-corrected chi connectivity index (χ0v) is 23.9. The third-order valence-electron chi connectivity index (χ3n) is 8.89. The number of aliphatic hydroxyl groups excluding tert-OH is 2. The van der Waals surface area contributed by atoms with E-state index in [2.05, 4.69) is 0 Å². The molecule has 0 aromatic heterocycles. The van der Waals surface area contributed by atoms with E-state index < -0.39 is 57.9 Å². The van der Waals surface area contributed by atoms with Crippen LogP contribution in [0.4, 0.5) is 5.69 Å². The number of phenols is 1. The van der Waals surface area contributed by atoms with Crippen molar-refractivity contribution in [3.8, 4) is 5.75 Å². The lowest BCUT2D eigenvalue weighted by Crippen LogP contribution is -2.65. The lowest BCUT2D eigenvalue weighted by molar-refractivity contribution is -0.153. The van der Waals surface area contributed by atoms with Gasteiger partial charge < -0.3 is 25.3 Å². The van der Waals surface area contributed by atoms with E-state index in [0.29, 0.717) is 24.0 Å². The summed E-state index contributed by atoms with van der Waals surface area (Å²) >= 11 is 0. The van der Waals surface area contributed by atoms with Crippen LogP contribution in [0.5, 0.6) is 5.75 Å². The number of carbonyl (C=O) groups is 3. The van der Waals surface area contributed by atoms with E-state index in [9.17, 15) is 34.8 Å². The van der Waals surface area contributed by atoms with E-state index in [1.54, 1.807) is 19.0 Å². The van der Waals surface area contributed by atoms with Crippen molar-refractivity contribution in [1.82, 2.24) is 4.90 Å². The molecule has 0 aliphatic heterocycles. The zero-order valence-electron chi connectivity index (χ0n) is 23.9. The maximum absolute atomic E-state index is 14.1. The highest BCUT2D eigenvalue weighted by atomic mass is 16.3. The average Bonchev–Trinajstić information content (AvgIpc) is 2.90. The second kappa shape index (κ2) is 10.2. The number of aryl methyl sites for hydroxylation is 2. The number of Topliss-reactive ketones (excluding diaryl/α,β-unsaturated/α-hetero) is 3. The van der Waals surface area contributed by atoms with E-state index in [1.165, 1.54) is 0 Å². The molecule has 3 aliphatic rings. The molecule has 0 radical (unpaired) electrons. The fraction of sp³-hybridized carbons (Fsp3) is 0.406. The van der Waals surface area contributed by atoms with Crippen molar-refractivity contribution >= 4 is 28.8 Å². The molecule has 216 valence electrons. The lowest BCUT2D eigenvalue weighted by atomic mass is 9.57. The van der Waals surface area contributed by atoms with E-state index >= 15 is 0 Å². The number of carbonyl (C=O) groups excluding carboxylic acids is 3. The first-order chi connectivity index (χ1) is 19.3. The van der Waals surface area contributed by atoms with E-state index in [1.807, 2.05) is 55.4 Å². The number of aromatic hydroxyl groups is 1. The predicted octanol–water partition coefficient (Wildman–Crippen LogP) is 2.92. The van der Waals surface area contributed by atoms with Gasteiger partial charge in [-0.3, -0.25) is 19.3 Å². The molecule has 9 nitrogen and oxygen atoms in total. The van der Waals surface area contributed by atoms with Crippen LogP contribution in [-0.2, 0) is 33.6 Å². The summed E-state index contributed by atoms with van der Waals surface area (Å²) in [6, 6.07) is 10.7. The third kappa shape index (κ3) is 4.26. The van der Waals surface area contributed by atoms with Crippen LogP contribution in [0, 0.1) is 11.8 Å². The number of rotatable bonds is 6. The summed E-state index contributed by atoms with van der Waals surface area (Å²) in [7, 11) is 6.96. The maximum Gasteiger partial charge on any atom is 0.202 e. The number of likely N-dealkylation sites (N-methyl/N-ethyl adjacent to an activating group) is 1. The van der Waals surface area contributed by atoms with Gasteiger partial charge in [0.05, 0.1) is 11.6 Å². The van der Waals surface area contributed by atoms with Gasteiger partial charge in [0.2, 0.25) is 5.78 Å². The van der Waals surface area contributed by atoms with Gasteiger partial charge in [-0.05, 0) is 75.4 Å². The van der Waals surface area contributed by atoms with Crippen molar-refractivity contribution in [3.63, 3.8) is 0 Å². The van der Waals surface area contributed by atoms with Crippen molar-refractivity contribution < 1.29 is 34.8 Å². The average molecular weight is 561 g/mol. The molecule has 2 aromatic carbocycles. The molecule has 0 amide bonds. The maximum atomic E-state index is 14.1. The Morgan fingerprint density at radius 1 is 1.02 bits per heavy atom. The highest BCUT2D eigenvalue weighted by Gasteiger charge is 2.64. The van der Waals surface area contributed by atoms with Crippen LogP contribution < -0.4 is 4.90 Å². The van der Waals surface area contributed by atoms with Crippen LogP contribution in [0.25, 0.3) is 5.76 Å². The van der Waals surface area contributed by atoms with Crippen molar-refractivity contribution in [1.29, 1.82) is 0 Å². The Morgan fingerprint density at radius 2 is 1.68 bits per heavy atom. The van der Waals surface area contributed by atoms with Gasteiger partial charge in [-0.2, -0.15) is 0 Å². The highest BCUT2D eigenvalue weighted by molar-refractivity contribution is 6.25. The summed E-state index contributed by atoms with van der Waals surface area (Å²) < 4.78 is 0. The summed E-state index contributed by atoms with van der Waals surface area (Å²) in [4.78, 5) is 43.3. The van der Waals surface area contributed by atoms with E-state index in [4.69, 9.17) is 0 Å². The van der Waals surface area contributed by atoms with Crippen molar-refractivity contribution in [2.75, 3.05) is 33.1 Å². The predicted molar refractivity (Wildman–Crippen MR) is 154 cm³/mol. The van der Waals surface area contributed by atoms with Crippen LogP contribution in [0.2, 0.25) is 0 Å². The number of nitrogens with zero attached hydrogens (tertiary/aromatic N) is 2. The van der Waals surface area contributed by atoms with Crippen molar-refractivity contribution in [3.05, 3.63) is 75.6 Å². The summed E-state index contributed by atoms with van der Waals surface area (Å²) in [5, 5.41) is 46.0. The zero-order chi connectivity index (χ0) is 30.0. The molecule has 4 N–H and O–H groups in total. The molecule has 0 spiro atoms. The molecular formula is C32H36N2O7. The third-order valence-corrected chi connectivity index (χ3v) is 8.89. The Bertz CT molecular complexity index is 1520. The number of aliphatic hydroxyl groups is 3. The molecule has 9 heteroatoms. The van der Waals surface area contributed by atoms with Crippen LogP contribution in [-0.4, -0.2) is 82.5 Å². The first kappa shape index (κ1) is 28.6. The molecule has 1 saturated carbocycles. The summed E-state index contributed by atoms with van der Waals surface area (Å²) in [5.74, 6) is -5.57. The molecule has 2 aromatic rings. The summed E-state index contributed by atoms with van der Waals surface area (Å²) in [5.41, 5.74) is -0.0408. The molecule has 41 heavy (non-hydrogen) atoms. The minimum absolute atomic E-state index is 0.0916. The first-order valence-electron chi connectivity index (χ1n) is 13.8. The van der Waals surface area contributed by atoms with Gasteiger partial charge >= 0.3 is 0 Å². The molecule has 4 unspecified atom stereocenters. The molecule has 4 atom stereocenters. The molecule has 3 aliphatic carbocycles. The second-order valence-electron chi connectivity index (χ2n) is 11.8. The fourth-order valence-corrected chi connectivity index (χ4v) is 6.96. The van der Waals surface area contributed by atoms with Crippen molar-refractivity contribution in [2.24, 2.45) is 11.8 Å². The normalized spacial score (nSPS) is 25.7. The quantitative estimate of drug-likeness (QED) is 0.393. The molecule has 0 saturated heterocycles. The summed E-state index contributed by atoms with van der Waals surface area (Å²) in [6.45, 7) is 1.10. The van der Waals surface area contributed by atoms with Gasteiger partial charge in [0, 0.05) is 31.3 Å². The first-order valence-corrected chi connectivity index (χ1v) is 13.8. The highest BCUT2D eigenvalue weighted by Crippen LogP contribution is 2.54. The van der Waals surface area contributed by atoms with Crippen LogP contribution >= 0.6 is 0 Å². The number of anilines is 1. The minimum atomic E-state index is -2.58. The van der Waals surface area contributed by atoms with E-state index in [0.717, 1.165) is 18.2 Å². The Balaban J connectivity index is 1.68. The SMILES string of the molecule is CC(=O)C1=C(O)C2(O)C(=O)C3=C(O)c4c(O)c(CCc5ccccc5)cc(N(C)C)c4CC3CC2C(N(C)C)C1=O. The largest absolute Gasteiger partial charge is 0.508 e. The number of ketones is 3. The molecule has 5 rings (SSSR count). The second-order valence-corrected chi connectivity index (χ2v) is 11.8. The van der Waals surface area contributed by atoms with Crippen molar-refractivity contribution in [2.45, 2.75) is 44.2 Å². The molecular weight excluding hydrogens is 524 g/mol. The van der Waals surface area contributed by atoms with Gasteiger partial charge in [-0.1, -0.05) is 30.3 Å². The monoisotopic (exact) mass is 560 g/mol. The Labute approximate surface area is 239 Å². The van der Waals surface area contributed by atoms with Gasteiger partial charge in [-0.25, -0.2) is 0 Å². The van der Waals surface area contributed by atoms with Gasteiger partial charge in [0.25, 0.3) is 0 Å². The van der Waals surface area contributed by atoms with Gasteiger partial charge in [-0.15, -0.1) is 0 Å². The van der Waals surface area contributed by atoms with Crippen LogP contribution in [0.3, 0.4) is 0 Å². The lowest BCUT2D eigenvalue weighted by Gasteiger charge is -2.50. The standard InChI is InChI=1S/C32H36N2O7/c1-16(35)23-29(38)26(34(4)5)21-14-19-13-20-22(33(2)3)15-18(12-11-17-9-7-6-8-10-17)27(36)25(20)28(37)24(19)31(40)32(21,41)30(23)39/h6-10,15,19,21,26,36-37,39,41H,11-14H2,1-5H3. The number of hydrogen-bond acceptors (Lipinski definition) is 9. The minimum Gasteiger partial charge on any atom is -0.508 e.